The van der Waals surface area contributed by atoms with Crippen LogP contribution in [0.3, 0.4) is 0 Å². The molecule has 0 unspecified atom stereocenters. The van der Waals surface area contributed by atoms with Gasteiger partial charge in [0, 0.05) is 17.5 Å². The maximum absolute atomic E-state index is 12.6. The summed E-state index contributed by atoms with van der Waals surface area (Å²) < 4.78 is 43.7. The zero-order valence-corrected chi connectivity index (χ0v) is 12.9. The second-order valence-electron chi connectivity index (χ2n) is 5.03. The van der Waals surface area contributed by atoms with Crippen molar-refractivity contribution in [3.8, 4) is 5.88 Å². The van der Waals surface area contributed by atoms with Gasteiger partial charge in [-0.2, -0.15) is 13.2 Å². The number of ether oxygens (including phenoxy) is 1. The van der Waals surface area contributed by atoms with Crippen LogP contribution >= 0.6 is 0 Å². The largest absolute Gasteiger partial charge is 0.481 e. The van der Waals surface area contributed by atoms with E-state index in [4.69, 9.17) is 4.74 Å². The van der Waals surface area contributed by atoms with Gasteiger partial charge in [0.25, 0.3) is 5.91 Å². The number of carbonyl (C=O) groups excluding carboxylic acids is 1. The summed E-state index contributed by atoms with van der Waals surface area (Å²) in [4.78, 5) is 16.2. The first kappa shape index (κ1) is 16.9. The van der Waals surface area contributed by atoms with Crippen LogP contribution in [0.5, 0.6) is 5.88 Å². The van der Waals surface area contributed by atoms with E-state index in [1.165, 1.54) is 33.2 Å². The van der Waals surface area contributed by atoms with Crippen molar-refractivity contribution in [2.24, 2.45) is 0 Å². The summed E-state index contributed by atoms with van der Waals surface area (Å²) >= 11 is 0. The molecule has 2 aromatic rings. The van der Waals surface area contributed by atoms with Crippen molar-refractivity contribution in [1.29, 1.82) is 0 Å². The summed E-state index contributed by atoms with van der Waals surface area (Å²) in [5, 5.41) is 2.60. The van der Waals surface area contributed by atoms with E-state index in [1.807, 2.05) is 0 Å². The molecule has 0 saturated heterocycles. The van der Waals surface area contributed by atoms with E-state index in [2.05, 4.69) is 10.3 Å². The van der Waals surface area contributed by atoms with E-state index in [9.17, 15) is 18.0 Å². The summed E-state index contributed by atoms with van der Waals surface area (Å²) in [7, 11) is 1.47. The van der Waals surface area contributed by atoms with Crippen LogP contribution in [0.25, 0.3) is 0 Å². The van der Waals surface area contributed by atoms with E-state index in [-0.39, 0.29) is 11.3 Å². The number of carbonyl (C=O) groups is 1. The maximum Gasteiger partial charge on any atom is 0.406 e. The molecule has 0 aliphatic heterocycles. The fourth-order valence-corrected chi connectivity index (χ4v) is 2.23. The Morgan fingerprint density at radius 2 is 2.04 bits per heavy atom. The van der Waals surface area contributed by atoms with Gasteiger partial charge in [0.15, 0.2) is 0 Å². The quantitative estimate of drug-likeness (QED) is 0.937. The number of alkyl halides is 3. The molecule has 0 bridgehead atoms. The first-order chi connectivity index (χ1) is 10.7. The van der Waals surface area contributed by atoms with Crippen molar-refractivity contribution >= 4 is 11.6 Å². The highest BCUT2D eigenvalue weighted by Crippen LogP contribution is 2.23. The smallest absolute Gasteiger partial charge is 0.406 e. The number of methoxy groups -OCH3 is 1. The fraction of sp³-hybridized carbons (Fsp3) is 0.333. The molecule has 8 heteroatoms. The van der Waals surface area contributed by atoms with Crippen LogP contribution < -0.4 is 10.1 Å². The van der Waals surface area contributed by atoms with Gasteiger partial charge < -0.3 is 14.6 Å². The molecule has 0 aliphatic carbocycles. The molecule has 0 saturated carbocycles. The SMILES string of the molecule is COc1ccc(NC(=O)c2cc(C)n(CC(F)(F)F)c2C)cn1. The molecule has 2 aromatic heterocycles. The minimum Gasteiger partial charge on any atom is -0.481 e. The third-order valence-electron chi connectivity index (χ3n) is 3.36. The van der Waals surface area contributed by atoms with Gasteiger partial charge in [0.1, 0.15) is 6.54 Å². The van der Waals surface area contributed by atoms with Crippen molar-refractivity contribution in [1.82, 2.24) is 9.55 Å². The van der Waals surface area contributed by atoms with Crippen LogP contribution in [0.15, 0.2) is 24.4 Å². The average Bonchev–Trinajstić information content (AvgIpc) is 2.75. The zero-order valence-electron chi connectivity index (χ0n) is 12.9. The Labute approximate surface area is 131 Å². The Morgan fingerprint density at radius 1 is 1.35 bits per heavy atom. The average molecular weight is 327 g/mol. The monoisotopic (exact) mass is 327 g/mol. The van der Waals surface area contributed by atoms with Gasteiger partial charge in [-0.1, -0.05) is 0 Å². The lowest BCUT2D eigenvalue weighted by Crippen LogP contribution is -2.20. The van der Waals surface area contributed by atoms with E-state index in [0.29, 0.717) is 17.3 Å². The molecule has 0 aliphatic rings. The standard InChI is InChI=1S/C15H16F3N3O2/c1-9-6-12(10(2)21(9)8-15(16,17)18)14(22)20-11-4-5-13(23-3)19-7-11/h4-7H,8H2,1-3H3,(H,20,22). The number of hydrogen-bond acceptors (Lipinski definition) is 3. The Bertz CT molecular complexity index is 706. The molecule has 1 N–H and O–H groups in total. The maximum atomic E-state index is 12.6. The number of anilines is 1. The van der Waals surface area contributed by atoms with Crippen molar-refractivity contribution in [3.63, 3.8) is 0 Å². The minimum atomic E-state index is -4.35. The second kappa shape index (κ2) is 6.31. The first-order valence-electron chi connectivity index (χ1n) is 6.76. The summed E-state index contributed by atoms with van der Waals surface area (Å²) in [6.45, 7) is 1.90. The van der Waals surface area contributed by atoms with Gasteiger partial charge in [-0.05, 0) is 26.0 Å². The summed E-state index contributed by atoms with van der Waals surface area (Å²) in [6.07, 6.45) is -2.94. The normalized spacial score (nSPS) is 11.4. The number of aromatic nitrogens is 2. The molecule has 124 valence electrons. The summed E-state index contributed by atoms with van der Waals surface area (Å²) in [5.74, 6) is -0.0927. The van der Waals surface area contributed by atoms with Crippen molar-refractivity contribution in [3.05, 3.63) is 41.3 Å². The van der Waals surface area contributed by atoms with Gasteiger partial charge in [-0.25, -0.2) is 4.98 Å². The van der Waals surface area contributed by atoms with Crippen molar-refractivity contribution in [2.45, 2.75) is 26.6 Å². The molecular formula is C15H16F3N3O2. The van der Waals surface area contributed by atoms with E-state index >= 15 is 0 Å². The number of nitrogens with one attached hydrogen (secondary N) is 1. The van der Waals surface area contributed by atoms with Crippen LogP contribution in [0.1, 0.15) is 21.7 Å². The molecule has 0 aromatic carbocycles. The van der Waals surface area contributed by atoms with Gasteiger partial charge in [0.2, 0.25) is 5.88 Å². The number of halogens is 3. The predicted molar refractivity (Wildman–Crippen MR) is 78.7 cm³/mol. The third-order valence-corrected chi connectivity index (χ3v) is 3.36. The second-order valence-corrected chi connectivity index (χ2v) is 5.03. The fourth-order valence-electron chi connectivity index (χ4n) is 2.23. The molecule has 2 rings (SSSR count). The molecule has 2 heterocycles. The van der Waals surface area contributed by atoms with Gasteiger partial charge in [-0.3, -0.25) is 4.79 Å². The van der Waals surface area contributed by atoms with Crippen molar-refractivity contribution in [2.75, 3.05) is 12.4 Å². The zero-order chi connectivity index (χ0) is 17.2. The number of hydrogen-bond donors (Lipinski definition) is 1. The van der Waals surface area contributed by atoms with Crippen molar-refractivity contribution < 1.29 is 22.7 Å². The Kier molecular flexibility index (Phi) is 4.63. The Hall–Kier alpha value is -2.51. The number of amides is 1. The highest BCUT2D eigenvalue weighted by atomic mass is 19.4. The third kappa shape index (κ3) is 4.02. The number of pyridine rings is 1. The van der Waals surface area contributed by atoms with E-state index in [0.717, 1.165) is 4.57 Å². The predicted octanol–water partition coefficient (Wildman–Crippen LogP) is 3.32. The molecule has 23 heavy (non-hydrogen) atoms. The van der Waals surface area contributed by atoms with Gasteiger partial charge >= 0.3 is 6.18 Å². The number of nitrogens with zero attached hydrogens (tertiary/aromatic N) is 2. The molecule has 0 fully saturated rings. The summed E-state index contributed by atoms with van der Waals surface area (Å²) in [5.41, 5.74) is 1.26. The number of aryl methyl sites for hydroxylation is 1. The highest BCUT2D eigenvalue weighted by molar-refractivity contribution is 6.05. The van der Waals surface area contributed by atoms with Gasteiger partial charge in [-0.15, -0.1) is 0 Å². The van der Waals surface area contributed by atoms with Crippen LogP contribution in [-0.2, 0) is 6.54 Å². The molecule has 0 radical (unpaired) electrons. The van der Waals surface area contributed by atoms with Gasteiger partial charge in [0.05, 0.1) is 24.6 Å². The van der Waals surface area contributed by atoms with Crippen LogP contribution in [0.2, 0.25) is 0 Å². The van der Waals surface area contributed by atoms with Crippen LogP contribution in [0.4, 0.5) is 18.9 Å². The first-order valence-corrected chi connectivity index (χ1v) is 6.76. The highest BCUT2D eigenvalue weighted by Gasteiger charge is 2.30. The van der Waals surface area contributed by atoms with Crippen LogP contribution in [-0.4, -0.2) is 28.7 Å². The molecule has 5 nitrogen and oxygen atoms in total. The lowest BCUT2D eigenvalue weighted by molar-refractivity contribution is -0.141. The van der Waals surface area contributed by atoms with Crippen LogP contribution in [0, 0.1) is 13.8 Å². The molecule has 0 atom stereocenters. The summed E-state index contributed by atoms with van der Waals surface area (Å²) in [6, 6.07) is 4.61. The van der Waals surface area contributed by atoms with E-state index in [1.54, 1.807) is 12.1 Å². The number of rotatable bonds is 4. The lowest BCUT2D eigenvalue weighted by Gasteiger charge is -2.12. The molecule has 1 amide bonds. The Balaban J connectivity index is 2.20. The molecule has 0 spiro atoms. The topological polar surface area (TPSA) is 56.1 Å². The Morgan fingerprint density at radius 3 is 2.57 bits per heavy atom. The minimum absolute atomic E-state index is 0.197. The lowest BCUT2D eigenvalue weighted by atomic mass is 10.2. The van der Waals surface area contributed by atoms with E-state index < -0.39 is 18.6 Å². The molecular weight excluding hydrogens is 311 g/mol.